The van der Waals surface area contributed by atoms with Crippen molar-refractivity contribution in [3.05, 3.63) is 23.3 Å². The number of hydrogen-bond donors (Lipinski definition) is 1. The van der Waals surface area contributed by atoms with Crippen molar-refractivity contribution in [2.45, 2.75) is 41.0 Å². The van der Waals surface area contributed by atoms with Gasteiger partial charge in [-0.15, -0.1) is 0 Å². The van der Waals surface area contributed by atoms with Crippen LogP contribution in [0.2, 0.25) is 0 Å². The Morgan fingerprint density at radius 3 is 2.40 bits per heavy atom. The van der Waals surface area contributed by atoms with Crippen LogP contribution in [0.15, 0.2) is 12.1 Å². The summed E-state index contributed by atoms with van der Waals surface area (Å²) in [6, 6.07) is 4.10. The van der Waals surface area contributed by atoms with Gasteiger partial charge < -0.3 is 10.6 Å². The standard InChI is InChI=1S/C17H24N2O/c1-10-8-11-6-7-19(13(11)9-12(10)18)15(20)14-16(2,3)17(14,4)5/h8-9,14H,6-7,18H2,1-5H3. The van der Waals surface area contributed by atoms with Crippen LogP contribution in [0.1, 0.15) is 38.8 Å². The zero-order chi connectivity index (χ0) is 14.9. The van der Waals surface area contributed by atoms with Gasteiger partial charge in [0.15, 0.2) is 0 Å². The van der Waals surface area contributed by atoms with Crippen LogP contribution in [-0.2, 0) is 11.2 Å². The minimum atomic E-state index is 0.0864. The number of hydrogen-bond acceptors (Lipinski definition) is 2. The summed E-state index contributed by atoms with van der Waals surface area (Å²) in [5.41, 5.74) is 10.3. The van der Waals surface area contributed by atoms with Crippen LogP contribution < -0.4 is 10.6 Å². The second kappa shape index (κ2) is 3.78. The normalized spacial score (nSPS) is 22.8. The van der Waals surface area contributed by atoms with E-state index in [9.17, 15) is 4.79 Å². The zero-order valence-corrected chi connectivity index (χ0v) is 13.1. The lowest BCUT2D eigenvalue weighted by Crippen LogP contribution is -2.32. The molecule has 1 amide bonds. The Hall–Kier alpha value is -1.51. The molecule has 1 aromatic carbocycles. The van der Waals surface area contributed by atoms with Crippen LogP contribution in [-0.4, -0.2) is 12.5 Å². The molecule has 1 fully saturated rings. The molecule has 3 nitrogen and oxygen atoms in total. The molecule has 2 N–H and O–H groups in total. The van der Waals surface area contributed by atoms with Crippen LogP contribution in [0.5, 0.6) is 0 Å². The van der Waals surface area contributed by atoms with E-state index in [0.29, 0.717) is 0 Å². The van der Waals surface area contributed by atoms with Gasteiger partial charge in [-0.25, -0.2) is 0 Å². The van der Waals surface area contributed by atoms with Gasteiger partial charge in [-0.05, 0) is 41.4 Å². The van der Waals surface area contributed by atoms with E-state index >= 15 is 0 Å². The number of fused-ring (bicyclic) bond motifs is 1. The number of carbonyl (C=O) groups excluding carboxylic acids is 1. The highest BCUT2D eigenvalue weighted by Crippen LogP contribution is 2.69. The maximum absolute atomic E-state index is 12.9. The maximum atomic E-state index is 12.9. The van der Waals surface area contributed by atoms with Crippen LogP contribution in [0.4, 0.5) is 11.4 Å². The highest BCUT2D eigenvalue weighted by atomic mass is 16.2. The third kappa shape index (κ3) is 1.55. The Kier molecular flexibility index (Phi) is 2.54. The number of carbonyl (C=O) groups is 1. The van der Waals surface area contributed by atoms with Gasteiger partial charge in [-0.2, -0.15) is 0 Å². The fourth-order valence-electron chi connectivity index (χ4n) is 3.78. The topological polar surface area (TPSA) is 46.3 Å². The monoisotopic (exact) mass is 272 g/mol. The molecule has 1 aliphatic heterocycles. The number of amides is 1. The van der Waals surface area contributed by atoms with Gasteiger partial charge in [0.05, 0.1) is 0 Å². The molecule has 0 unspecified atom stereocenters. The number of nitrogens with zero attached hydrogens (tertiary/aromatic N) is 1. The molecule has 1 heterocycles. The lowest BCUT2D eigenvalue weighted by atomic mass is 10.0. The first kappa shape index (κ1) is 13.5. The summed E-state index contributed by atoms with van der Waals surface area (Å²) >= 11 is 0. The maximum Gasteiger partial charge on any atom is 0.231 e. The summed E-state index contributed by atoms with van der Waals surface area (Å²) in [6.45, 7) is 11.6. The minimum absolute atomic E-state index is 0.0864. The van der Waals surface area contributed by atoms with Gasteiger partial charge in [0.2, 0.25) is 5.91 Å². The molecule has 1 saturated carbocycles. The Balaban J connectivity index is 1.93. The van der Waals surface area contributed by atoms with E-state index < -0.39 is 0 Å². The van der Waals surface area contributed by atoms with Crippen molar-refractivity contribution < 1.29 is 4.79 Å². The van der Waals surface area contributed by atoms with E-state index in [-0.39, 0.29) is 22.7 Å². The summed E-state index contributed by atoms with van der Waals surface area (Å²) in [4.78, 5) is 14.8. The van der Waals surface area contributed by atoms with Crippen LogP contribution in [0.3, 0.4) is 0 Å². The van der Waals surface area contributed by atoms with E-state index in [0.717, 1.165) is 29.9 Å². The summed E-state index contributed by atoms with van der Waals surface area (Å²) in [7, 11) is 0. The lowest BCUT2D eigenvalue weighted by molar-refractivity contribution is -0.120. The van der Waals surface area contributed by atoms with Crippen molar-refractivity contribution in [3.8, 4) is 0 Å². The summed E-state index contributed by atoms with van der Waals surface area (Å²) in [6.07, 6.45) is 0.940. The molecule has 3 rings (SSSR count). The van der Waals surface area contributed by atoms with E-state index in [4.69, 9.17) is 5.73 Å². The molecule has 0 saturated heterocycles. The second-order valence-corrected chi connectivity index (χ2v) is 7.45. The molecule has 1 aromatic rings. The van der Waals surface area contributed by atoms with E-state index in [1.54, 1.807) is 0 Å². The van der Waals surface area contributed by atoms with E-state index in [1.165, 1.54) is 5.56 Å². The average molecular weight is 272 g/mol. The molecule has 108 valence electrons. The van der Waals surface area contributed by atoms with Crippen molar-refractivity contribution in [2.24, 2.45) is 16.7 Å². The third-order valence-electron chi connectivity index (χ3n) is 5.90. The highest BCUT2D eigenvalue weighted by molar-refractivity contribution is 6.00. The predicted molar refractivity (Wildman–Crippen MR) is 82.7 cm³/mol. The Labute approximate surface area is 121 Å². The Morgan fingerprint density at radius 1 is 1.25 bits per heavy atom. The molecule has 0 atom stereocenters. The zero-order valence-electron chi connectivity index (χ0n) is 13.1. The third-order valence-corrected chi connectivity index (χ3v) is 5.90. The van der Waals surface area contributed by atoms with Gasteiger partial charge >= 0.3 is 0 Å². The number of nitrogens with two attached hydrogens (primary N) is 1. The number of nitrogen functional groups attached to an aromatic ring is 1. The van der Waals surface area contributed by atoms with E-state index in [2.05, 4.69) is 33.8 Å². The average Bonchev–Trinajstić information content (AvgIpc) is 2.64. The molecule has 0 spiro atoms. The molecule has 0 radical (unpaired) electrons. The molecule has 2 aliphatic rings. The van der Waals surface area contributed by atoms with Gasteiger partial charge in [0.25, 0.3) is 0 Å². The smallest absolute Gasteiger partial charge is 0.231 e. The van der Waals surface area contributed by atoms with Gasteiger partial charge in [0.1, 0.15) is 0 Å². The molecular formula is C17H24N2O. The fourth-order valence-corrected chi connectivity index (χ4v) is 3.78. The van der Waals surface area contributed by atoms with Gasteiger partial charge in [0, 0.05) is 23.8 Å². The first-order chi connectivity index (χ1) is 9.18. The first-order valence-corrected chi connectivity index (χ1v) is 7.38. The van der Waals surface area contributed by atoms with Crippen molar-refractivity contribution in [1.82, 2.24) is 0 Å². The molecule has 20 heavy (non-hydrogen) atoms. The molecule has 1 aliphatic carbocycles. The fraction of sp³-hybridized carbons (Fsp3) is 0.588. The van der Waals surface area contributed by atoms with Crippen LogP contribution in [0, 0.1) is 23.7 Å². The number of anilines is 2. The van der Waals surface area contributed by atoms with Crippen molar-refractivity contribution in [1.29, 1.82) is 0 Å². The summed E-state index contributed by atoms with van der Waals surface area (Å²) < 4.78 is 0. The molecule has 3 heteroatoms. The molecular weight excluding hydrogens is 248 g/mol. The largest absolute Gasteiger partial charge is 0.398 e. The lowest BCUT2D eigenvalue weighted by Gasteiger charge is -2.19. The van der Waals surface area contributed by atoms with Crippen LogP contribution in [0.25, 0.3) is 0 Å². The summed E-state index contributed by atoms with van der Waals surface area (Å²) in [5.74, 6) is 0.380. The van der Waals surface area contributed by atoms with Gasteiger partial charge in [-0.1, -0.05) is 33.8 Å². The second-order valence-electron chi connectivity index (χ2n) is 7.45. The predicted octanol–water partition coefficient (Wildman–Crippen LogP) is 3.15. The highest BCUT2D eigenvalue weighted by Gasteiger charge is 2.69. The minimum Gasteiger partial charge on any atom is -0.398 e. The van der Waals surface area contributed by atoms with Crippen LogP contribution >= 0.6 is 0 Å². The SMILES string of the molecule is Cc1cc2c(cc1N)N(C(=O)C1C(C)(C)C1(C)C)CC2. The van der Waals surface area contributed by atoms with Gasteiger partial charge in [-0.3, -0.25) is 4.79 Å². The number of benzene rings is 1. The molecule has 0 bridgehead atoms. The summed E-state index contributed by atoms with van der Waals surface area (Å²) in [5, 5.41) is 0. The van der Waals surface area contributed by atoms with Crippen molar-refractivity contribution in [3.63, 3.8) is 0 Å². The number of aryl methyl sites for hydroxylation is 1. The quantitative estimate of drug-likeness (QED) is 0.798. The van der Waals surface area contributed by atoms with E-state index in [1.807, 2.05) is 17.9 Å². The Morgan fingerprint density at radius 2 is 1.85 bits per heavy atom. The number of rotatable bonds is 1. The Bertz CT molecular complexity index is 587. The van der Waals surface area contributed by atoms with Crippen molar-refractivity contribution >= 4 is 17.3 Å². The van der Waals surface area contributed by atoms with Crippen molar-refractivity contribution in [2.75, 3.05) is 17.2 Å². The molecule has 0 aromatic heterocycles. The first-order valence-electron chi connectivity index (χ1n) is 7.38.